The number of hydrogen-bond acceptors (Lipinski definition) is 1. The van der Waals surface area contributed by atoms with E-state index in [4.69, 9.17) is 4.89 Å². The molecule has 0 aromatic heterocycles. The molecule has 0 aliphatic heterocycles. The van der Waals surface area contributed by atoms with Crippen LogP contribution >= 0.6 is 8.03 Å². The Balaban J connectivity index is 0. The Hall–Kier alpha value is 0.683. The van der Waals surface area contributed by atoms with Crippen molar-refractivity contribution in [2.45, 2.75) is 19.8 Å². The van der Waals surface area contributed by atoms with Gasteiger partial charge in [-0.2, -0.15) is 4.89 Å². The molecule has 0 amide bonds. The van der Waals surface area contributed by atoms with Gasteiger partial charge in [0.05, 0.1) is 0 Å². The van der Waals surface area contributed by atoms with Gasteiger partial charge in [0.25, 0.3) is 0 Å². The van der Waals surface area contributed by atoms with Gasteiger partial charge in [-0.25, -0.2) is 0 Å². The van der Waals surface area contributed by atoms with Crippen LogP contribution in [0.15, 0.2) is 0 Å². The fourth-order valence-corrected chi connectivity index (χ4v) is 0.880. The molecule has 0 saturated heterocycles. The zero-order valence-corrected chi connectivity index (χ0v) is 8.99. The molecule has 0 bridgehead atoms. The van der Waals surface area contributed by atoms with Crippen LogP contribution in [0.2, 0.25) is 0 Å². The van der Waals surface area contributed by atoms with E-state index in [0.717, 1.165) is 12.8 Å². The largest absolute Gasteiger partial charge is 0.505 e. The molecular weight excluding hydrogens is 176 g/mol. The number of hydrogen-bond donors (Lipinski definition) is 1. The molecule has 0 aromatic rings. The predicted molar refractivity (Wildman–Crippen MR) is 29.6 cm³/mol. The molecule has 0 fully saturated rings. The van der Waals surface area contributed by atoms with Crippen molar-refractivity contribution in [3.8, 4) is 0 Å². The zero-order chi connectivity index (χ0) is 5.70. The first kappa shape index (κ1) is 11.5. The quantitative estimate of drug-likeness (QED) is 0.536. The van der Waals surface area contributed by atoms with Crippen LogP contribution in [0.25, 0.3) is 0 Å². The average Bonchev–Trinajstić information content (AvgIpc) is 1.61. The van der Waals surface area contributed by atoms with Crippen LogP contribution in [-0.4, -0.2) is 11.1 Å². The van der Waals surface area contributed by atoms with Gasteiger partial charge in [0.15, 0.2) is 6.16 Å². The minimum Gasteiger partial charge on any atom is -0.161 e. The molecule has 8 heavy (non-hydrogen) atoms. The van der Waals surface area contributed by atoms with Gasteiger partial charge in [-0.1, -0.05) is 13.3 Å². The third-order valence-electron chi connectivity index (χ3n) is 0.703. The Morgan fingerprint density at radius 2 is 2.12 bits per heavy atom. The van der Waals surface area contributed by atoms with E-state index in [1.165, 1.54) is 0 Å². The van der Waals surface area contributed by atoms with Crippen molar-refractivity contribution >= 4 is 8.03 Å². The molecule has 0 heterocycles. The molecule has 44 valence electrons. The van der Waals surface area contributed by atoms with Crippen LogP contribution in [0.1, 0.15) is 19.8 Å². The van der Waals surface area contributed by atoms with Crippen molar-refractivity contribution < 1.29 is 28.9 Å². The van der Waals surface area contributed by atoms with E-state index < -0.39 is 8.03 Å². The van der Waals surface area contributed by atoms with Crippen LogP contribution in [0.3, 0.4) is 0 Å². The van der Waals surface area contributed by atoms with Crippen molar-refractivity contribution in [3.63, 3.8) is 0 Å². The third kappa shape index (κ3) is 9.84. The summed E-state index contributed by atoms with van der Waals surface area (Å²) in [5.41, 5.74) is 0. The maximum Gasteiger partial charge on any atom is 0.505 e. The third-order valence-corrected chi connectivity index (χ3v) is 1.40. The van der Waals surface area contributed by atoms with Crippen LogP contribution in [0.5, 0.6) is 0 Å². The van der Waals surface area contributed by atoms with E-state index in [1.807, 2.05) is 6.92 Å². The van der Waals surface area contributed by atoms with Gasteiger partial charge in [-0.05, 0) is 11.0 Å². The molecule has 0 saturated carbocycles. The van der Waals surface area contributed by atoms with E-state index in [2.05, 4.69) is 0 Å². The van der Waals surface area contributed by atoms with Crippen molar-refractivity contribution in [3.05, 3.63) is 0 Å². The van der Waals surface area contributed by atoms with Crippen LogP contribution < -0.4 is 0 Å². The minimum atomic E-state index is -1.86. The Kier molecular flexibility index (Phi) is 11.0. The Morgan fingerprint density at radius 1 is 1.62 bits per heavy atom. The Morgan fingerprint density at radius 3 is 2.25 bits per heavy atom. The average molecular weight is 186 g/mol. The summed E-state index contributed by atoms with van der Waals surface area (Å²) in [6, 6.07) is 0. The minimum absolute atomic E-state index is 0. The van der Waals surface area contributed by atoms with Gasteiger partial charge in [-0.15, -0.1) is 0 Å². The Bertz CT molecular complexity index is 67.1. The summed E-state index contributed by atoms with van der Waals surface area (Å²) in [5.74, 6) is 0. The molecule has 0 aliphatic carbocycles. The van der Waals surface area contributed by atoms with Gasteiger partial charge in [0.2, 0.25) is 0 Å². The van der Waals surface area contributed by atoms with Crippen molar-refractivity contribution in [1.82, 2.24) is 0 Å². The molecular formula is C4H10O2PZn+. The van der Waals surface area contributed by atoms with Gasteiger partial charge < -0.3 is 0 Å². The second-order valence-electron chi connectivity index (χ2n) is 1.43. The fraction of sp³-hybridized carbons (Fsp3) is 1.00. The number of rotatable bonds is 3. The van der Waals surface area contributed by atoms with E-state index in [9.17, 15) is 4.57 Å². The van der Waals surface area contributed by atoms with E-state index in [-0.39, 0.29) is 19.5 Å². The second kappa shape index (κ2) is 7.68. The standard InChI is InChI=1S/C4H9O2P.Zn/c1-2-3-4-7(5)6;/h2-4H2,1H3;/p+1. The smallest absolute Gasteiger partial charge is 0.161 e. The maximum atomic E-state index is 9.91. The first-order valence-electron chi connectivity index (χ1n) is 2.41. The van der Waals surface area contributed by atoms with E-state index in [0.29, 0.717) is 6.16 Å². The van der Waals surface area contributed by atoms with Crippen molar-refractivity contribution in [1.29, 1.82) is 0 Å². The topological polar surface area (TPSA) is 37.3 Å². The molecule has 0 spiro atoms. The molecule has 4 heteroatoms. The SMILES string of the molecule is CCCC[P+](=O)O.[Zn]. The van der Waals surface area contributed by atoms with Crippen LogP contribution in [-0.2, 0) is 24.0 Å². The van der Waals surface area contributed by atoms with E-state index in [1.54, 1.807) is 0 Å². The van der Waals surface area contributed by atoms with Gasteiger partial charge >= 0.3 is 8.03 Å². The molecule has 0 radical (unpaired) electrons. The summed E-state index contributed by atoms with van der Waals surface area (Å²) in [5, 5.41) is 0. The second-order valence-corrected chi connectivity index (χ2v) is 2.58. The van der Waals surface area contributed by atoms with Gasteiger partial charge in [0.1, 0.15) is 0 Å². The predicted octanol–water partition coefficient (Wildman–Crippen LogP) is 1.52. The molecule has 0 aromatic carbocycles. The summed E-state index contributed by atoms with van der Waals surface area (Å²) < 4.78 is 9.91. The first-order valence-corrected chi connectivity index (χ1v) is 3.80. The summed E-state index contributed by atoms with van der Waals surface area (Å²) in [6.07, 6.45) is 2.33. The van der Waals surface area contributed by atoms with Crippen LogP contribution in [0, 0.1) is 0 Å². The fourth-order valence-electron chi connectivity index (χ4n) is 0.293. The van der Waals surface area contributed by atoms with Gasteiger partial charge in [-0.3, -0.25) is 0 Å². The Labute approximate surface area is 63.3 Å². The molecule has 1 unspecified atom stereocenters. The van der Waals surface area contributed by atoms with Crippen LogP contribution in [0.4, 0.5) is 0 Å². The van der Waals surface area contributed by atoms with E-state index >= 15 is 0 Å². The molecule has 0 aliphatic rings. The van der Waals surface area contributed by atoms with Gasteiger partial charge in [0, 0.05) is 19.5 Å². The summed E-state index contributed by atoms with van der Waals surface area (Å²) in [6.45, 7) is 2.00. The first-order chi connectivity index (χ1) is 3.27. The summed E-state index contributed by atoms with van der Waals surface area (Å²) >= 11 is 0. The summed E-state index contributed by atoms with van der Waals surface area (Å²) in [7, 11) is -1.86. The van der Waals surface area contributed by atoms with Crippen molar-refractivity contribution in [2.24, 2.45) is 0 Å². The summed E-state index contributed by atoms with van der Waals surface area (Å²) in [4.78, 5) is 8.19. The molecule has 1 atom stereocenters. The zero-order valence-electron chi connectivity index (χ0n) is 5.13. The number of unbranched alkanes of at least 4 members (excludes halogenated alkanes) is 1. The molecule has 1 N–H and O–H groups in total. The van der Waals surface area contributed by atoms with Crippen molar-refractivity contribution in [2.75, 3.05) is 6.16 Å². The normalized spacial score (nSPS) is 10.0. The monoisotopic (exact) mass is 185 g/mol. The molecule has 2 nitrogen and oxygen atoms in total. The maximum absolute atomic E-state index is 9.91. The molecule has 0 rings (SSSR count).